The van der Waals surface area contributed by atoms with Crippen LogP contribution in [0.15, 0.2) is 18.2 Å². The van der Waals surface area contributed by atoms with E-state index < -0.39 is 5.82 Å². The number of carbonyl (C=O) groups excluding carboxylic acids is 1. The van der Waals surface area contributed by atoms with Crippen LogP contribution >= 0.6 is 0 Å². The lowest BCUT2D eigenvalue weighted by atomic mass is 10.1. The molecule has 0 unspecified atom stereocenters. The van der Waals surface area contributed by atoms with Gasteiger partial charge in [0.1, 0.15) is 5.82 Å². The molecule has 21 heavy (non-hydrogen) atoms. The maximum absolute atomic E-state index is 13.7. The number of likely N-dealkylation sites (N-methyl/N-ethyl adjacent to an activating group) is 1. The second-order valence-corrected chi connectivity index (χ2v) is 5.76. The largest absolute Gasteiger partial charge is 0.337 e. The zero-order valence-corrected chi connectivity index (χ0v) is 13.2. The number of hydrogen-bond acceptors (Lipinski definition) is 4. The Morgan fingerprint density at radius 1 is 1.33 bits per heavy atom. The van der Waals surface area contributed by atoms with E-state index in [1.165, 1.54) is 12.1 Å². The molecule has 1 amide bonds. The molecule has 0 aromatic heterocycles. The van der Waals surface area contributed by atoms with E-state index in [-0.39, 0.29) is 17.2 Å². The van der Waals surface area contributed by atoms with Gasteiger partial charge in [-0.15, -0.1) is 0 Å². The Labute approximate surface area is 125 Å². The lowest BCUT2D eigenvalue weighted by Crippen LogP contribution is -2.39. The smallest absolute Gasteiger partial charge is 0.256 e. The molecule has 0 bridgehead atoms. The molecule has 0 saturated carbocycles. The SMILES string of the molecule is CC(C)CN(CCN(C)C)C(=O)c1cccc(F)c1NN. The number of carbonyl (C=O) groups is 1. The standard InChI is InChI=1S/C15H25FN4O/c1-11(2)10-20(9-8-19(3)4)15(21)12-6-5-7-13(16)14(12)18-17/h5-7,11,18H,8-10,17H2,1-4H3. The minimum absolute atomic E-state index is 0.0427. The second-order valence-electron chi connectivity index (χ2n) is 5.76. The molecular weight excluding hydrogens is 271 g/mol. The van der Waals surface area contributed by atoms with Crippen molar-refractivity contribution in [2.75, 3.05) is 39.2 Å². The number of para-hydroxylation sites is 1. The molecule has 0 spiro atoms. The van der Waals surface area contributed by atoms with Gasteiger partial charge in [0, 0.05) is 19.6 Å². The van der Waals surface area contributed by atoms with Crippen LogP contribution in [0, 0.1) is 11.7 Å². The summed E-state index contributed by atoms with van der Waals surface area (Å²) in [5.74, 6) is 4.94. The molecule has 6 heteroatoms. The van der Waals surface area contributed by atoms with Gasteiger partial charge in [-0.3, -0.25) is 10.6 Å². The van der Waals surface area contributed by atoms with Crippen molar-refractivity contribution in [2.45, 2.75) is 13.8 Å². The predicted molar refractivity (Wildman–Crippen MR) is 83.5 cm³/mol. The van der Waals surface area contributed by atoms with Gasteiger partial charge < -0.3 is 15.2 Å². The van der Waals surface area contributed by atoms with Gasteiger partial charge in [-0.25, -0.2) is 4.39 Å². The van der Waals surface area contributed by atoms with Crippen LogP contribution < -0.4 is 11.3 Å². The summed E-state index contributed by atoms with van der Waals surface area (Å²) in [5.41, 5.74) is 2.59. The van der Waals surface area contributed by atoms with Crippen molar-refractivity contribution in [1.29, 1.82) is 0 Å². The first-order chi connectivity index (χ1) is 9.86. The van der Waals surface area contributed by atoms with E-state index in [2.05, 4.69) is 5.43 Å². The van der Waals surface area contributed by atoms with Crippen LogP contribution in [-0.2, 0) is 0 Å². The van der Waals surface area contributed by atoms with Gasteiger partial charge in [-0.05, 0) is 32.1 Å². The number of nitrogens with one attached hydrogen (secondary N) is 1. The number of hydrazine groups is 1. The van der Waals surface area contributed by atoms with E-state index in [0.717, 1.165) is 6.54 Å². The number of rotatable bonds is 7. The van der Waals surface area contributed by atoms with Gasteiger partial charge in [0.25, 0.3) is 5.91 Å². The molecule has 5 nitrogen and oxygen atoms in total. The highest BCUT2D eigenvalue weighted by atomic mass is 19.1. The highest BCUT2D eigenvalue weighted by Crippen LogP contribution is 2.20. The van der Waals surface area contributed by atoms with Crippen LogP contribution in [0.25, 0.3) is 0 Å². The lowest BCUT2D eigenvalue weighted by Gasteiger charge is -2.27. The van der Waals surface area contributed by atoms with Gasteiger partial charge in [0.2, 0.25) is 0 Å². The average Bonchev–Trinajstić information content (AvgIpc) is 2.41. The third-order valence-electron chi connectivity index (χ3n) is 3.08. The molecule has 118 valence electrons. The van der Waals surface area contributed by atoms with E-state index in [4.69, 9.17) is 5.84 Å². The van der Waals surface area contributed by atoms with Crippen molar-refractivity contribution in [2.24, 2.45) is 11.8 Å². The summed E-state index contributed by atoms with van der Waals surface area (Å²) in [6, 6.07) is 4.38. The molecule has 0 heterocycles. The third-order valence-corrected chi connectivity index (χ3v) is 3.08. The predicted octanol–water partition coefficient (Wildman–Crippen LogP) is 1.77. The molecule has 0 fully saturated rings. The summed E-state index contributed by atoms with van der Waals surface area (Å²) in [4.78, 5) is 16.4. The van der Waals surface area contributed by atoms with Crippen molar-refractivity contribution < 1.29 is 9.18 Å². The maximum Gasteiger partial charge on any atom is 0.256 e. The third kappa shape index (κ3) is 4.99. The van der Waals surface area contributed by atoms with Crippen LogP contribution in [0.2, 0.25) is 0 Å². The Bertz CT molecular complexity index is 477. The van der Waals surface area contributed by atoms with E-state index in [1.807, 2.05) is 32.8 Å². The Morgan fingerprint density at radius 3 is 2.52 bits per heavy atom. The van der Waals surface area contributed by atoms with Crippen LogP contribution in [-0.4, -0.2) is 49.4 Å². The summed E-state index contributed by atoms with van der Waals surface area (Å²) in [6.07, 6.45) is 0. The molecule has 1 rings (SSSR count). The van der Waals surface area contributed by atoms with E-state index in [1.54, 1.807) is 11.0 Å². The second kappa shape index (κ2) is 7.95. The van der Waals surface area contributed by atoms with E-state index in [0.29, 0.717) is 19.0 Å². The molecule has 0 atom stereocenters. The number of nitrogens with two attached hydrogens (primary N) is 1. The van der Waals surface area contributed by atoms with Crippen molar-refractivity contribution in [1.82, 2.24) is 9.80 Å². The molecule has 0 radical (unpaired) electrons. The fourth-order valence-corrected chi connectivity index (χ4v) is 2.06. The Balaban J connectivity index is 3.01. The van der Waals surface area contributed by atoms with Gasteiger partial charge in [0.15, 0.2) is 0 Å². The Morgan fingerprint density at radius 2 is 2.00 bits per heavy atom. The van der Waals surface area contributed by atoms with E-state index >= 15 is 0 Å². The Hall–Kier alpha value is -1.66. The highest BCUT2D eigenvalue weighted by molar-refractivity contribution is 5.99. The van der Waals surface area contributed by atoms with Crippen LogP contribution in [0.1, 0.15) is 24.2 Å². The molecule has 1 aromatic rings. The summed E-state index contributed by atoms with van der Waals surface area (Å²) in [5, 5.41) is 0. The van der Waals surface area contributed by atoms with Crippen molar-refractivity contribution in [3.63, 3.8) is 0 Å². The molecule has 3 N–H and O–H groups in total. The molecular formula is C15H25FN4O. The first kappa shape index (κ1) is 17.4. The van der Waals surface area contributed by atoms with Gasteiger partial charge in [-0.1, -0.05) is 19.9 Å². The first-order valence-corrected chi connectivity index (χ1v) is 7.06. The number of amides is 1. The fraction of sp³-hybridized carbons (Fsp3) is 0.533. The topological polar surface area (TPSA) is 61.6 Å². The number of anilines is 1. The highest BCUT2D eigenvalue weighted by Gasteiger charge is 2.21. The lowest BCUT2D eigenvalue weighted by molar-refractivity contribution is 0.0725. The van der Waals surface area contributed by atoms with Gasteiger partial charge in [0.05, 0.1) is 11.3 Å². The van der Waals surface area contributed by atoms with Crippen molar-refractivity contribution in [3.05, 3.63) is 29.6 Å². The normalized spacial score (nSPS) is 11.0. The van der Waals surface area contributed by atoms with E-state index in [9.17, 15) is 9.18 Å². The first-order valence-electron chi connectivity index (χ1n) is 7.06. The minimum atomic E-state index is -0.527. The van der Waals surface area contributed by atoms with Gasteiger partial charge in [-0.2, -0.15) is 0 Å². The van der Waals surface area contributed by atoms with Crippen molar-refractivity contribution >= 4 is 11.6 Å². The van der Waals surface area contributed by atoms with Crippen LogP contribution in [0.3, 0.4) is 0 Å². The number of hydrogen-bond donors (Lipinski definition) is 2. The van der Waals surface area contributed by atoms with Crippen molar-refractivity contribution in [3.8, 4) is 0 Å². The van der Waals surface area contributed by atoms with Crippen LogP contribution in [0.4, 0.5) is 10.1 Å². The average molecular weight is 296 g/mol. The summed E-state index contributed by atoms with van der Waals surface area (Å²) in [7, 11) is 3.90. The number of benzene rings is 1. The zero-order valence-electron chi connectivity index (χ0n) is 13.2. The summed E-state index contributed by atoms with van der Waals surface area (Å²) >= 11 is 0. The van der Waals surface area contributed by atoms with Gasteiger partial charge >= 0.3 is 0 Å². The quantitative estimate of drug-likeness (QED) is 0.595. The molecule has 1 aromatic carbocycles. The molecule has 0 aliphatic carbocycles. The summed E-state index contributed by atoms with van der Waals surface area (Å²) < 4.78 is 13.7. The fourth-order valence-electron chi connectivity index (χ4n) is 2.06. The molecule has 0 aliphatic heterocycles. The maximum atomic E-state index is 13.7. The molecule has 0 saturated heterocycles. The zero-order chi connectivity index (χ0) is 16.0. The minimum Gasteiger partial charge on any atom is -0.337 e. The number of nitrogen functional groups attached to an aromatic ring is 1. The Kier molecular flexibility index (Phi) is 6.58. The molecule has 0 aliphatic rings. The number of nitrogens with zero attached hydrogens (tertiary/aromatic N) is 2. The monoisotopic (exact) mass is 296 g/mol. The number of halogens is 1. The summed E-state index contributed by atoms with van der Waals surface area (Å²) in [6.45, 7) is 6.05. The van der Waals surface area contributed by atoms with Crippen LogP contribution in [0.5, 0.6) is 0 Å².